The Morgan fingerprint density at radius 3 is 2.56 bits per heavy atom. The molecule has 4 heteroatoms. The summed E-state index contributed by atoms with van der Waals surface area (Å²) in [5, 5.41) is 3.43. The van der Waals surface area contributed by atoms with Gasteiger partial charge in [-0.05, 0) is 38.2 Å². The van der Waals surface area contributed by atoms with Gasteiger partial charge in [0.1, 0.15) is 0 Å². The first-order valence-corrected chi connectivity index (χ1v) is 6.97. The molecule has 1 aliphatic heterocycles. The molecule has 98 valence electrons. The van der Waals surface area contributed by atoms with Gasteiger partial charge < -0.3 is 10.2 Å². The van der Waals surface area contributed by atoms with Crippen LogP contribution in [0.25, 0.3) is 0 Å². The molecule has 0 spiro atoms. The fourth-order valence-electron chi connectivity index (χ4n) is 2.78. The van der Waals surface area contributed by atoms with E-state index in [1.807, 2.05) is 12.4 Å². The summed E-state index contributed by atoms with van der Waals surface area (Å²) < 4.78 is 0. The number of nitrogens with zero attached hydrogens (tertiary/aromatic N) is 3. The van der Waals surface area contributed by atoms with Crippen molar-refractivity contribution in [2.75, 3.05) is 24.5 Å². The Hall–Kier alpha value is -1.16. The van der Waals surface area contributed by atoms with Gasteiger partial charge in [-0.1, -0.05) is 6.42 Å². The summed E-state index contributed by atoms with van der Waals surface area (Å²) in [4.78, 5) is 11.5. The van der Waals surface area contributed by atoms with E-state index in [0.29, 0.717) is 0 Å². The molecule has 1 saturated carbocycles. The number of rotatable bonds is 2. The number of hydrogen-bond donors (Lipinski definition) is 1. The molecule has 1 saturated heterocycles. The SMILES string of the molecule is CC1(C)CNCCN1c1ncc(C2CCC2)cn1. The van der Waals surface area contributed by atoms with Gasteiger partial charge in [-0.25, -0.2) is 9.97 Å². The molecule has 18 heavy (non-hydrogen) atoms. The molecule has 3 rings (SSSR count). The van der Waals surface area contributed by atoms with E-state index in [2.05, 4.69) is 34.0 Å². The van der Waals surface area contributed by atoms with Crippen LogP contribution < -0.4 is 10.2 Å². The zero-order valence-corrected chi connectivity index (χ0v) is 11.3. The van der Waals surface area contributed by atoms with Crippen LogP contribution in [0.1, 0.15) is 44.6 Å². The Bertz CT molecular complexity index is 408. The van der Waals surface area contributed by atoms with E-state index in [0.717, 1.165) is 31.5 Å². The molecule has 0 aromatic carbocycles. The molecule has 1 aromatic rings. The molecule has 1 aliphatic carbocycles. The molecule has 0 bridgehead atoms. The second kappa shape index (κ2) is 4.50. The average Bonchev–Trinajstić information content (AvgIpc) is 2.28. The van der Waals surface area contributed by atoms with E-state index in [-0.39, 0.29) is 5.54 Å². The lowest BCUT2D eigenvalue weighted by molar-refractivity contribution is 0.374. The first kappa shape index (κ1) is 11.9. The molecule has 4 nitrogen and oxygen atoms in total. The maximum absolute atomic E-state index is 4.59. The van der Waals surface area contributed by atoms with E-state index >= 15 is 0 Å². The lowest BCUT2D eigenvalue weighted by atomic mass is 9.81. The average molecular weight is 246 g/mol. The minimum absolute atomic E-state index is 0.0935. The maximum atomic E-state index is 4.59. The highest BCUT2D eigenvalue weighted by Crippen LogP contribution is 2.36. The lowest BCUT2D eigenvalue weighted by Crippen LogP contribution is -2.58. The fraction of sp³-hybridized carbons (Fsp3) is 0.714. The van der Waals surface area contributed by atoms with Crippen LogP contribution in [0.3, 0.4) is 0 Å². The van der Waals surface area contributed by atoms with Gasteiger partial charge in [-0.3, -0.25) is 0 Å². The van der Waals surface area contributed by atoms with E-state index in [1.54, 1.807) is 0 Å². The second-order valence-electron chi connectivity index (χ2n) is 6.09. The summed E-state index contributed by atoms with van der Waals surface area (Å²) >= 11 is 0. The Morgan fingerprint density at radius 2 is 2.00 bits per heavy atom. The standard InChI is InChI=1S/C14H22N4/c1-14(2)10-15-6-7-18(14)13-16-8-12(9-17-13)11-4-3-5-11/h8-9,11,15H,3-7,10H2,1-2H3. The highest BCUT2D eigenvalue weighted by atomic mass is 15.3. The molecular weight excluding hydrogens is 224 g/mol. The van der Waals surface area contributed by atoms with Crippen LogP contribution in [0.2, 0.25) is 0 Å². The van der Waals surface area contributed by atoms with E-state index in [1.165, 1.54) is 24.8 Å². The second-order valence-corrected chi connectivity index (χ2v) is 6.09. The molecule has 2 aliphatic rings. The quantitative estimate of drug-likeness (QED) is 0.865. The first-order valence-electron chi connectivity index (χ1n) is 6.97. The van der Waals surface area contributed by atoms with Crippen molar-refractivity contribution in [3.05, 3.63) is 18.0 Å². The number of anilines is 1. The van der Waals surface area contributed by atoms with E-state index in [9.17, 15) is 0 Å². The van der Waals surface area contributed by atoms with Gasteiger partial charge in [-0.2, -0.15) is 0 Å². The maximum Gasteiger partial charge on any atom is 0.225 e. The summed E-state index contributed by atoms with van der Waals surface area (Å²) in [6.07, 6.45) is 8.04. The van der Waals surface area contributed by atoms with Crippen molar-refractivity contribution in [1.82, 2.24) is 15.3 Å². The van der Waals surface area contributed by atoms with Gasteiger partial charge in [0.2, 0.25) is 5.95 Å². The Labute approximate surface area is 109 Å². The minimum Gasteiger partial charge on any atom is -0.333 e. The van der Waals surface area contributed by atoms with Crippen molar-refractivity contribution in [1.29, 1.82) is 0 Å². The normalized spacial score (nSPS) is 23.8. The first-order chi connectivity index (χ1) is 8.67. The van der Waals surface area contributed by atoms with Crippen LogP contribution >= 0.6 is 0 Å². The van der Waals surface area contributed by atoms with Crippen LogP contribution in [0.15, 0.2) is 12.4 Å². The predicted molar refractivity (Wildman–Crippen MR) is 72.9 cm³/mol. The van der Waals surface area contributed by atoms with Crippen molar-refractivity contribution in [2.24, 2.45) is 0 Å². The molecule has 1 aromatic heterocycles. The predicted octanol–water partition coefficient (Wildman–Crippen LogP) is 1.93. The highest BCUT2D eigenvalue weighted by molar-refractivity contribution is 5.36. The summed E-state index contributed by atoms with van der Waals surface area (Å²) in [7, 11) is 0. The van der Waals surface area contributed by atoms with Crippen LogP contribution in [0.5, 0.6) is 0 Å². The summed E-state index contributed by atoms with van der Waals surface area (Å²) in [5.74, 6) is 1.60. The minimum atomic E-state index is 0.0935. The topological polar surface area (TPSA) is 41.0 Å². The van der Waals surface area contributed by atoms with E-state index in [4.69, 9.17) is 0 Å². The van der Waals surface area contributed by atoms with Gasteiger partial charge in [-0.15, -0.1) is 0 Å². The van der Waals surface area contributed by atoms with Crippen molar-refractivity contribution in [3.63, 3.8) is 0 Å². The molecule has 0 atom stereocenters. The van der Waals surface area contributed by atoms with Crippen LogP contribution in [-0.2, 0) is 0 Å². The molecule has 0 amide bonds. The molecule has 2 fully saturated rings. The molecule has 0 unspecified atom stereocenters. The lowest BCUT2D eigenvalue weighted by Gasteiger charge is -2.42. The number of nitrogens with one attached hydrogen (secondary N) is 1. The van der Waals surface area contributed by atoms with Gasteiger partial charge in [0.15, 0.2) is 0 Å². The molecular formula is C14H22N4. The summed E-state index contributed by atoms with van der Waals surface area (Å²) in [6, 6.07) is 0. The van der Waals surface area contributed by atoms with Gasteiger partial charge in [0, 0.05) is 37.6 Å². The van der Waals surface area contributed by atoms with Crippen LogP contribution in [-0.4, -0.2) is 35.1 Å². The smallest absolute Gasteiger partial charge is 0.225 e. The molecule has 1 N–H and O–H groups in total. The third kappa shape index (κ3) is 2.09. The number of hydrogen-bond acceptors (Lipinski definition) is 4. The van der Waals surface area contributed by atoms with Crippen LogP contribution in [0.4, 0.5) is 5.95 Å². The van der Waals surface area contributed by atoms with Gasteiger partial charge >= 0.3 is 0 Å². The summed E-state index contributed by atoms with van der Waals surface area (Å²) in [6.45, 7) is 7.46. The third-order valence-electron chi connectivity index (χ3n) is 4.28. The third-order valence-corrected chi connectivity index (χ3v) is 4.28. The highest BCUT2D eigenvalue weighted by Gasteiger charge is 2.31. The van der Waals surface area contributed by atoms with Gasteiger partial charge in [0.05, 0.1) is 0 Å². The molecule has 2 heterocycles. The summed E-state index contributed by atoms with van der Waals surface area (Å²) in [5.41, 5.74) is 1.41. The fourth-order valence-corrected chi connectivity index (χ4v) is 2.78. The zero-order valence-electron chi connectivity index (χ0n) is 11.3. The Kier molecular flexibility index (Phi) is 2.98. The van der Waals surface area contributed by atoms with Crippen molar-refractivity contribution < 1.29 is 0 Å². The van der Waals surface area contributed by atoms with Crippen molar-refractivity contribution in [3.8, 4) is 0 Å². The van der Waals surface area contributed by atoms with Gasteiger partial charge in [0.25, 0.3) is 0 Å². The Balaban J connectivity index is 1.78. The zero-order chi connectivity index (χ0) is 12.6. The number of aromatic nitrogens is 2. The molecule has 0 radical (unpaired) electrons. The van der Waals surface area contributed by atoms with Crippen molar-refractivity contribution >= 4 is 5.95 Å². The van der Waals surface area contributed by atoms with Crippen molar-refractivity contribution in [2.45, 2.75) is 44.6 Å². The number of piperazine rings is 1. The largest absolute Gasteiger partial charge is 0.333 e. The Morgan fingerprint density at radius 1 is 1.28 bits per heavy atom. The van der Waals surface area contributed by atoms with Crippen LogP contribution in [0, 0.1) is 0 Å². The monoisotopic (exact) mass is 246 g/mol. The van der Waals surface area contributed by atoms with E-state index < -0.39 is 0 Å².